The lowest BCUT2D eigenvalue weighted by Gasteiger charge is -2.37. The Morgan fingerprint density at radius 2 is 1.21 bits per heavy atom. The van der Waals surface area contributed by atoms with Crippen LogP contribution in [-0.4, -0.2) is 26.3 Å². The van der Waals surface area contributed by atoms with Crippen LogP contribution in [0.15, 0.2) is 36.4 Å². The van der Waals surface area contributed by atoms with E-state index >= 15 is 0 Å². The minimum absolute atomic E-state index is 0.459. The Bertz CT molecular complexity index is 681. The second kappa shape index (κ2) is 6.27. The molecule has 2 heterocycles. The monoisotopic (exact) mass is 324 g/mol. The van der Waals surface area contributed by atoms with Gasteiger partial charge in [-0.1, -0.05) is 0 Å². The van der Waals surface area contributed by atoms with Gasteiger partial charge in [-0.25, -0.2) is 0 Å². The average Bonchev–Trinajstić information content (AvgIpc) is 2.66. The van der Waals surface area contributed by atoms with Crippen LogP contribution in [-0.2, 0) is 12.8 Å². The maximum absolute atomic E-state index is 5.33. The number of anilines is 2. The van der Waals surface area contributed by atoms with Crippen molar-refractivity contribution in [3.8, 4) is 11.5 Å². The van der Waals surface area contributed by atoms with Crippen LogP contribution in [0.3, 0.4) is 0 Å². The SMILES string of the molecule is COc1ccc2c(c1)CC[C@@H]([C@@H]1CCc3cc(OC)ccc3N1)N2. The number of aryl methyl sites for hydroxylation is 2. The van der Waals surface area contributed by atoms with Gasteiger partial charge in [0.05, 0.1) is 14.2 Å². The van der Waals surface area contributed by atoms with Gasteiger partial charge < -0.3 is 20.1 Å². The van der Waals surface area contributed by atoms with Crippen LogP contribution in [0, 0.1) is 0 Å². The molecule has 0 radical (unpaired) electrons. The molecule has 0 fully saturated rings. The summed E-state index contributed by atoms with van der Waals surface area (Å²) in [6.07, 6.45) is 4.47. The van der Waals surface area contributed by atoms with Crippen LogP contribution in [0.4, 0.5) is 11.4 Å². The topological polar surface area (TPSA) is 42.5 Å². The first kappa shape index (κ1) is 15.2. The first-order valence-electron chi connectivity index (χ1n) is 8.64. The van der Waals surface area contributed by atoms with Crippen molar-refractivity contribution in [3.63, 3.8) is 0 Å². The number of methoxy groups -OCH3 is 2. The van der Waals surface area contributed by atoms with Gasteiger partial charge in [0.15, 0.2) is 0 Å². The van der Waals surface area contributed by atoms with Gasteiger partial charge in [0.2, 0.25) is 0 Å². The second-order valence-electron chi connectivity index (χ2n) is 6.63. The molecule has 2 aliphatic heterocycles. The number of benzene rings is 2. The highest BCUT2D eigenvalue weighted by Gasteiger charge is 2.28. The lowest BCUT2D eigenvalue weighted by molar-refractivity contribution is 0.412. The highest BCUT2D eigenvalue weighted by molar-refractivity contribution is 5.60. The molecule has 0 saturated heterocycles. The summed E-state index contributed by atoms with van der Waals surface area (Å²) < 4.78 is 10.7. The average molecular weight is 324 g/mol. The minimum Gasteiger partial charge on any atom is -0.497 e. The van der Waals surface area contributed by atoms with E-state index in [9.17, 15) is 0 Å². The number of rotatable bonds is 3. The standard InChI is InChI=1S/C20H24N2O2/c1-23-15-5-9-17-13(11-15)3-7-19(21-17)20-8-4-14-12-16(24-2)6-10-18(14)22-20/h5-6,9-12,19-22H,3-4,7-8H2,1-2H3/t19-,20-/m0/s1. The molecule has 2 atom stereocenters. The van der Waals surface area contributed by atoms with Gasteiger partial charge in [0, 0.05) is 23.5 Å². The third kappa shape index (κ3) is 2.77. The van der Waals surface area contributed by atoms with Crippen molar-refractivity contribution in [2.45, 2.75) is 37.8 Å². The summed E-state index contributed by atoms with van der Waals surface area (Å²) in [7, 11) is 3.44. The molecule has 0 aromatic heterocycles. The van der Waals surface area contributed by atoms with Crippen molar-refractivity contribution in [1.29, 1.82) is 0 Å². The third-order valence-electron chi connectivity index (χ3n) is 5.24. The molecule has 126 valence electrons. The quantitative estimate of drug-likeness (QED) is 0.900. The Morgan fingerprint density at radius 1 is 0.750 bits per heavy atom. The number of hydrogen-bond acceptors (Lipinski definition) is 4. The van der Waals surface area contributed by atoms with Gasteiger partial charge in [0.1, 0.15) is 11.5 Å². The molecule has 0 saturated carbocycles. The van der Waals surface area contributed by atoms with Crippen molar-refractivity contribution >= 4 is 11.4 Å². The molecule has 4 nitrogen and oxygen atoms in total. The molecule has 4 heteroatoms. The van der Waals surface area contributed by atoms with Crippen LogP contribution in [0.25, 0.3) is 0 Å². The normalized spacial score (nSPS) is 21.8. The molecule has 0 unspecified atom stereocenters. The fourth-order valence-electron chi connectivity index (χ4n) is 3.86. The zero-order valence-corrected chi connectivity index (χ0v) is 14.3. The van der Waals surface area contributed by atoms with E-state index in [4.69, 9.17) is 9.47 Å². The van der Waals surface area contributed by atoms with Crippen LogP contribution in [0.1, 0.15) is 24.0 Å². The van der Waals surface area contributed by atoms with Gasteiger partial charge in [-0.05, 0) is 73.2 Å². The van der Waals surface area contributed by atoms with Crippen LogP contribution in [0.2, 0.25) is 0 Å². The van der Waals surface area contributed by atoms with Crippen molar-refractivity contribution in [1.82, 2.24) is 0 Å². The molecule has 4 rings (SSSR count). The number of ether oxygens (including phenoxy) is 2. The molecule has 2 aliphatic rings. The fraction of sp³-hybridized carbons (Fsp3) is 0.400. The number of fused-ring (bicyclic) bond motifs is 2. The number of hydrogen-bond donors (Lipinski definition) is 2. The zero-order valence-electron chi connectivity index (χ0n) is 14.3. The summed E-state index contributed by atoms with van der Waals surface area (Å²) >= 11 is 0. The predicted octanol–water partition coefficient (Wildman–Crippen LogP) is 3.86. The van der Waals surface area contributed by atoms with E-state index in [1.165, 1.54) is 22.5 Å². The summed E-state index contributed by atoms with van der Waals surface area (Å²) in [6.45, 7) is 0. The van der Waals surface area contributed by atoms with Crippen LogP contribution in [0.5, 0.6) is 11.5 Å². The molecule has 0 aliphatic carbocycles. The molecular weight excluding hydrogens is 300 g/mol. The lowest BCUT2D eigenvalue weighted by atomic mass is 9.88. The smallest absolute Gasteiger partial charge is 0.119 e. The van der Waals surface area contributed by atoms with Crippen molar-refractivity contribution in [3.05, 3.63) is 47.5 Å². The van der Waals surface area contributed by atoms with Crippen molar-refractivity contribution in [2.75, 3.05) is 24.9 Å². The van der Waals surface area contributed by atoms with Gasteiger partial charge in [-0.15, -0.1) is 0 Å². The molecule has 2 aromatic rings. The second-order valence-corrected chi connectivity index (χ2v) is 6.63. The van der Waals surface area contributed by atoms with E-state index in [0.717, 1.165) is 37.2 Å². The lowest BCUT2D eigenvalue weighted by Crippen LogP contribution is -2.43. The maximum atomic E-state index is 5.33. The molecule has 0 spiro atoms. The Labute approximate surface area is 143 Å². The molecule has 0 amide bonds. The predicted molar refractivity (Wildman–Crippen MR) is 97.5 cm³/mol. The largest absolute Gasteiger partial charge is 0.497 e. The van der Waals surface area contributed by atoms with E-state index < -0.39 is 0 Å². The molecule has 24 heavy (non-hydrogen) atoms. The highest BCUT2D eigenvalue weighted by atomic mass is 16.5. The third-order valence-corrected chi connectivity index (χ3v) is 5.24. The summed E-state index contributed by atoms with van der Waals surface area (Å²) in [5.74, 6) is 1.88. The number of nitrogens with one attached hydrogen (secondary N) is 2. The van der Waals surface area contributed by atoms with Crippen molar-refractivity contribution in [2.24, 2.45) is 0 Å². The van der Waals surface area contributed by atoms with E-state index in [2.05, 4.69) is 34.9 Å². The van der Waals surface area contributed by atoms with Crippen LogP contribution < -0.4 is 20.1 Å². The molecule has 2 aromatic carbocycles. The Balaban J connectivity index is 1.49. The Morgan fingerprint density at radius 3 is 1.62 bits per heavy atom. The minimum atomic E-state index is 0.459. The van der Waals surface area contributed by atoms with E-state index in [0.29, 0.717) is 12.1 Å². The van der Waals surface area contributed by atoms with Gasteiger partial charge in [-0.2, -0.15) is 0 Å². The van der Waals surface area contributed by atoms with E-state index in [1.807, 2.05) is 12.1 Å². The summed E-state index contributed by atoms with van der Waals surface area (Å²) in [5, 5.41) is 7.46. The van der Waals surface area contributed by atoms with Gasteiger partial charge >= 0.3 is 0 Å². The first-order valence-corrected chi connectivity index (χ1v) is 8.64. The maximum Gasteiger partial charge on any atom is 0.119 e. The molecule has 2 N–H and O–H groups in total. The summed E-state index contributed by atoms with van der Waals surface area (Å²) in [5.41, 5.74) is 5.20. The zero-order chi connectivity index (χ0) is 16.5. The fourth-order valence-corrected chi connectivity index (χ4v) is 3.86. The first-order chi connectivity index (χ1) is 11.8. The van der Waals surface area contributed by atoms with Crippen LogP contribution >= 0.6 is 0 Å². The molecule has 0 bridgehead atoms. The highest BCUT2D eigenvalue weighted by Crippen LogP contribution is 2.34. The van der Waals surface area contributed by atoms with Gasteiger partial charge in [-0.3, -0.25) is 0 Å². The summed E-state index contributed by atoms with van der Waals surface area (Å²) in [4.78, 5) is 0. The Kier molecular flexibility index (Phi) is 3.97. The Hall–Kier alpha value is -2.36. The molecular formula is C20H24N2O2. The van der Waals surface area contributed by atoms with Crippen molar-refractivity contribution < 1.29 is 9.47 Å². The van der Waals surface area contributed by atoms with E-state index in [1.54, 1.807) is 14.2 Å². The summed E-state index contributed by atoms with van der Waals surface area (Å²) in [6, 6.07) is 13.6. The van der Waals surface area contributed by atoms with E-state index in [-0.39, 0.29) is 0 Å². The van der Waals surface area contributed by atoms with Gasteiger partial charge in [0.25, 0.3) is 0 Å².